The van der Waals surface area contributed by atoms with E-state index in [4.69, 9.17) is 23.7 Å². The molecule has 2 heterocycles. The molecule has 6 heteroatoms. The lowest BCUT2D eigenvalue weighted by Crippen LogP contribution is -2.61. The van der Waals surface area contributed by atoms with Crippen LogP contribution < -0.4 is 0 Å². The predicted molar refractivity (Wildman–Crippen MR) is 65.6 cm³/mol. The lowest BCUT2D eigenvalue weighted by Gasteiger charge is -2.39. The number of carbonyl (C=O) groups is 1. The molecule has 19 heavy (non-hydrogen) atoms. The summed E-state index contributed by atoms with van der Waals surface area (Å²) in [6.45, 7) is 8.49. The van der Waals surface area contributed by atoms with Gasteiger partial charge in [-0.25, -0.2) is 0 Å². The van der Waals surface area contributed by atoms with Gasteiger partial charge in [0.15, 0.2) is 5.79 Å². The molecule has 3 atom stereocenters. The highest BCUT2D eigenvalue weighted by Gasteiger charge is 2.58. The van der Waals surface area contributed by atoms with Gasteiger partial charge in [0.05, 0.1) is 6.61 Å². The zero-order chi connectivity index (χ0) is 14.1. The maximum atomic E-state index is 12.6. The number of Topliss-reactive ketones (excluding diaryl/α,β-unsaturated/α-hetero) is 1. The lowest BCUT2D eigenvalue weighted by atomic mass is 9.99. The predicted octanol–water partition coefficient (Wildman–Crippen LogP) is 0.875. The second-order valence-electron chi connectivity index (χ2n) is 5.09. The molecule has 1 spiro atoms. The van der Waals surface area contributed by atoms with Crippen LogP contribution in [-0.4, -0.2) is 56.0 Å². The van der Waals surface area contributed by atoms with Gasteiger partial charge in [0.2, 0.25) is 5.78 Å². The first-order valence-electron chi connectivity index (χ1n) is 6.69. The van der Waals surface area contributed by atoms with Gasteiger partial charge in [-0.05, 0) is 27.7 Å². The average Bonchev–Trinajstić information content (AvgIpc) is 2.66. The minimum Gasteiger partial charge on any atom is -0.373 e. The van der Waals surface area contributed by atoms with Crippen LogP contribution >= 0.6 is 0 Å². The van der Waals surface area contributed by atoms with Gasteiger partial charge in [0.1, 0.15) is 18.8 Å². The maximum absolute atomic E-state index is 12.6. The van der Waals surface area contributed by atoms with Gasteiger partial charge < -0.3 is 23.7 Å². The molecule has 0 aromatic carbocycles. The number of ketones is 1. The summed E-state index contributed by atoms with van der Waals surface area (Å²) in [5, 5.41) is 0. The molecule has 0 aromatic heterocycles. The molecule has 2 fully saturated rings. The highest BCUT2D eigenvalue weighted by atomic mass is 16.8. The Balaban J connectivity index is 2.16. The van der Waals surface area contributed by atoms with Crippen LogP contribution in [0.25, 0.3) is 0 Å². The second-order valence-corrected chi connectivity index (χ2v) is 5.09. The molecular weight excluding hydrogens is 252 g/mol. The van der Waals surface area contributed by atoms with Gasteiger partial charge in [0, 0.05) is 13.2 Å². The van der Waals surface area contributed by atoms with Crippen molar-refractivity contribution in [2.24, 2.45) is 0 Å². The van der Waals surface area contributed by atoms with Crippen molar-refractivity contribution >= 4 is 5.78 Å². The molecule has 6 nitrogen and oxygen atoms in total. The highest BCUT2D eigenvalue weighted by molar-refractivity contribution is 5.91. The average molecular weight is 274 g/mol. The third-order valence-electron chi connectivity index (χ3n) is 3.20. The van der Waals surface area contributed by atoms with Gasteiger partial charge in [-0.3, -0.25) is 4.79 Å². The molecule has 0 bridgehead atoms. The second kappa shape index (κ2) is 5.46. The van der Waals surface area contributed by atoms with Gasteiger partial charge in [-0.1, -0.05) is 0 Å². The molecule has 0 amide bonds. The van der Waals surface area contributed by atoms with Crippen LogP contribution in [0.5, 0.6) is 0 Å². The van der Waals surface area contributed by atoms with E-state index in [-0.39, 0.29) is 19.0 Å². The van der Waals surface area contributed by atoms with Crippen molar-refractivity contribution in [3.63, 3.8) is 0 Å². The summed E-state index contributed by atoms with van der Waals surface area (Å²) in [5.74, 6) is -2.44. The van der Waals surface area contributed by atoms with Crippen LogP contribution in [0.3, 0.4) is 0 Å². The number of hydrogen-bond acceptors (Lipinski definition) is 6. The Bertz CT molecular complexity index is 342. The molecule has 2 saturated heterocycles. The Labute approximate surface area is 113 Å². The molecule has 0 unspecified atom stereocenters. The molecule has 0 radical (unpaired) electrons. The summed E-state index contributed by atoms with van der Waals surface area (Å²) >= 11 is 0. The van der Waals surface area contributed by atoms with E-state index in [9.17, 15) is 4.79 Å². The van der Waals surface area contributed by atoms with Crippen LogP contribution in [0.1, 0.15) is 27.7 Å². The smallest absolute Gasteiger partial charge is 0.258 e. The first-order valence-corrected chi connectivity index (χ1v) is 6.69. The fraction of sp³-hybridized carbons (Fsp3) is 0.923. The topological polar surface area (TPSA) is 63.2 Å². The molecule has 0 saturated carbocycles. The van der Waals surface area contributed by atoms with Crippen LogP contribution in [-0.2, 0) is 28.5 Å². The van der Waals surface area contributed by atoms with Crippen LogP contribution in [0.2, 0.25) is 0 Å². The van der Waals surface area contributed by atoms with E-state index < -0.39 is 23.8 Å². The normalized spacial score (nSPS) is 38.0. The van der Waals surface area contributed by atoms with Gasteiger partial charge in [-0.2, -0.15) is 0 Å². The van der Waals surface area contributed by atoms with E-state index in [0.717, 1.165) is 0 Å². The van der Waals surface area contributed by atoms with E-state index in [0.29, 0.717) is 13.2 Å². The minimum absolute atomic E-state index is 0.0846. The summed E-state index contributed by atoms with van der Waals surface area (Å²) in [4.78, 5) is 12.6. The summed E-state index contributed by atoms with van der Waals surface area (Å²) in [7, 11) is 0. The van der Waals surface area contributed by atoms with Crippen LogP contribution in [0, 0.1) is 0 Å². The Kier molecular flexibility index (Phi) is 4.27. The summed E-state index contributed by atoms with van der Waals surface area (Å²) in [6, 6.07) is 0. The largest absolute Gasteiger partial charge is 0.373 e. The van der Waals surface area contributed by atoms with Crippen LogP contribution in [0.4, 0.5) is 0 Å². The van der Waals surface area contributed by atoms with Gasteiger partial charge >= 0.3 is 0 Å². The quantitative estimate of drug-likeness (QED) is 0.758. The third-order valence-corrected chi connectivity index (χ3v) is 3.20. The van der Waals surface area contributed by atoms with Gasteiger partial charge in [-0.15, -0.1) is 0 Å². The molecule has 2 rings (SSSR count). The molecule has 2 aliphatic rings. The number of carbonyl (C=O) groups excluding carboxylic acids is 1. The standard InChI is InChI=1S/C13H22O6/c1-5-15-9-7-17-13(8-18-12(3,4)19-13)11(14)10(9)16-6-2/h9-10H,5-8H2,1-4H3/t9-,10-,13+/m1/s1. The molecule has 0 N–H and O–H groups in total. The first-order chi connectivity index (χ1) is 8.94. The number of ether oxygens (including phenoxy) is 5. The fourth-order valence-electron chi connectivity index (χ4n) is 2.39. The summed E-state index contributed by atoms with van der Waals surface area (Å²) in [6.07, 6.45) is -1.06. The minimum atomic E-state index is -1.35. The number of rotatable bonds is 4. The highest BCUT2D eigenvalue weighted by Crippen LogP contribution is 2.37. The maximum Gasteiger partial charge on any atom is 0.258 e. The van der Waals surface area contributed by atoms with E-state index >= 15 is 0 Å². The Morgan fingerprint density at radius 3 is 2.42 bits per heavy atom. The van der Waals surface area contributed by atoms with Crippen molar-refractivity contribution in [3.05, 3.63) is 0 Å². The van der Waals surface area contributed by atoms with Crippen LogP contribution in [0.15, 0.2) is 0 Å². The molecule has 2 aliphatic heterocycles. The third kappa shape index (κ3) is 2.83. The van der Waals surface area contributed by atoms with Crippen molar-refractivity contribution < 1.29 is 28.5 Å². The lowest BCUT2D eigenvalue weighted by molar-refractivity contribution is -0.277. The van der Waals surface area contributed by atoms with Gasteiger partial charge in [0.25, 0.3) is 5.79 Å². The SMILES string of the molecule is CCO[C@@H]1CO[C@]2(COC(C)(C)O2)C(=O)[C@@H]1OCC. The summed E-state index contributed by atoms with van der Waals surface area (Å²) in [5.41, 5.74) is 0. The zero-order valence-corrected chi connectivity index (χ0v) is 11.9. The fourth-order valence-corrected chi connectivity index (χ4v) is 2.39. The molecule has 110 valence electrons. The first kappa shape index (κ1) is 14.9. The van der Waals surface area contributed by atoms with E-state index in [1.807, 2.05) is 13.8 Å². The molecular formula is C13H22O6. The van der Waals surface area contributed by atoms with E-state index in [1.165, 1.54) is 0 Å². The zero-order valence-electron chi connectivity index (χ0n) is 11.9. The monoisotopic (exact) mass is 274 g/mol. The van der Waals surface area contributed by atoms with Crippen molar-refractivity contribution in [3.8, 4) is 0 Å². The van der Waals surface area contributed by atoms with E-state index in [2.05, 4.69) is 0 Å². The Hall–Kier alpha value is -0.530. The van der Waals surface area contributed by atoms with Crippen molar-refractivity contribution in [2.45, 2.75) is 51.5 Å². The summed E-state index contributed by atoms with van der Waals surface area (Å²) < 4.78 is 27.8. The van der Waals surface area contributed by atoms with E-state index in [1.54, 1.807) is 13.8 Å². The molecule has 0 aliphatic carbocycles. The number of hydrogen-bond donors (Lipinski definition) is 0. The van der Waals surface area contributed by atoms with Crippen molar-refractivity contribution in [2.75, 3.05) is 26.4 Å². The van der Waals surface area contributed by atoms with Crippen molar-refractivity contribution in [1.82, 2.24) is 0 Å². The van der Waals surface area contributed by atoms with Crippen molar-refractivity contribution in [1.29, 1.82) is 0 Å². The Morgan fingerprint density at radius 1 is 1.21 bits per heavy atom. The molecule has 0 aromatic rings. The Morgan fingerprint density at radius 2 is 1.89 bits per heavy atom.